The molecule has 4 rings (SSSR count). The Kier molecular flexibility index (Phi) is 6.49. The second kappa shape index (κ2) is 9.43. The summed E-state index contributed by atoms with van der Waals surface area (Å²) in [6.07, 6.45) is 8.61. The molecule has 2 aromatic rings. The second-order valence-corrected chi connectivity index (χ2v) is 8.28. The molecule has 1 amide bonds. The number of carbonyl (C=O) groups is 1. The standard InChI is InChI=1S/C21H27N5O2S/c1-29-21-24-23-19(26(21)16-10-5-6-11-16)12-7-13-22-20(27)18-14-17(25-28-18)15-8-3-2-4-9-15/h2-4,8-9,16,18H,5-7,10-14H2,1H3,(H,22,27). The van der Waals surface area contributed by atoms with Crippen molar-refractivity contribution in [2.24, 2.45) is 5.16 Å². The second-order valence-electron chi connectivity index (χ2n) is 7.51. The minimum absolute atomic E-state index is 0.109. The lowest BCUT2D eigenvalue weighted by molar-refractivity contribution is -0.131. The van der Waals surface area contributed by atoms with Crippen LogP contribution in [0.25, 0.3) is 0 Å². The molecular weight excluding hydrogens is 386 g/mol. The number of benzene rings is 1. The Hall–Kier alpha value is -2.35. The highest BCUT2D eigenvalue weighted by atomic mass is 32.2. The Bertz CT molecular complexity index is 861. The Balaban J connectivity index is 1.24. The number of rotatable bonds is 8. The molecular formula is C21H27N5O2S. The van der Waals surface area contributed by atoms with E-state index in [9.17, 15) is 4.79 Å². The first-order valence-electron chi connectivity index (χ1n) is 10.3. The monoisotopic (exact) mass is 413 g/mol. The van der Waals surface area contributed by atoms with Gasteiger partial charge in [0.1, 0.15) is 5.82 Å². The van der Waals surface area contributed by atoms with Crippen molar-refractivity contribution in [3.8, 4) is 0 Å². The molecule has 0 bridgehead atoms. The third-order valence-corrected chi connectivity index (χ3v) is 6.20. The van der Waals surface area contributed by atoms with Gasteiger partial charge in [-0.1, -0.05) is 60.1 Å². The van der Waals surface area contributed by atoms with Gasteiger partial charge in [-0.2, -0.15) is 0 Å². The molecule has 2 aliphatic rings. The first kappa shape index (κ1) is 19.9. The summed E-state index contributed by atoms with van der Waals surface area (Å²) in [6, 6.07) is 10.4. The van der Waals surface area contributed by atoms with Crippen molar-refractivity contribution in [3.05, 3.63) is 41.7 Å². The van der Waals surface area contributed by atoms with Crippen LogP contribution in [0, 0.1) is 0 Å². The van der Waals surface area contributed by atoms with Crippen molar-refractivity contribution in [2.45, 2.75) is 62.2 Å². The van der Waals surface area contributed by atoms with E-state index in [0.717, 1.165) is 35.1 Å². The molecule has 1 aromatic carbocycles. The summed E-state index contributed by atoms with van der Waals surface area (Å²) >= 11 is 1.65. The van der Waals surface area contributed by atoms with Crippen LogP contribution in [-0.4, -0.2) is 45.3 Å². The van der Waals surface area contributed by atoms with Gasteiger partial charge in [-0.15, -0.1) is 10.2 Å². The SMILES string of the molecule is CSc1nnc(CCCNC(=O)C2CC(c3ccccc3)=NO2)n1C1CCCC1. The molecule has 2 heterocycles. The van der Waals surface area contributed by atoms with E-state index in [2.05, 4.69) is 25.2 Å². The summed E-state index contributed by atoms with van der Waals surface area (Å²) in [5, 5.41) is 16.8. The van der Waals surface area contributed by atoms with Gasteiger partial charge in [-0.3, -0.25) is 4.79 Å². The summed E-state index contributed by atoms with van der Waals surface area (Å²) in [6.45, 7) is 0.589. The van der Waals surface area contributed by atoms with Gasteiger partial charge in [0.2, 0.25) is 6.10 Å². The lowest BCUT2D eigenvalue weighted by atomic mass is 10.0. The maximum atomic E-state index is 12.4. The first-order chi connectivity index (χ1) is 14.3. The number of hydrogen-bond acceptors (Lipinski definition) is 6. The van der Waals surface area contributed by atoms with Crippen LogP contribution in [0.2, 0.25) is 0 Å². The van der Waals surface area contributed by atoms with Crippen LogP contribution in [0.3, 0.4) is 0 Å². The highest BCUT2D eigenvalue weighted by Crippen LogP contribution is 2.33. The van der Waals surface area contributed by atoms with E-state index in [4.69, 9.17) is 4.84 Å². The number of nitrogens with zero attached hydrogens (tertiary/aromatic N) is 4. The van der Waals surface area contributed by atoms with Gasteiger partial charge < -0.3 is 14.7 Å². The largest absolute Gasteiger partial charge is 0.382 e. The molecule has 29 heavy (non-hydrogen) atoms. The Labute approximate surface area is 175 Å². The van der Waals surface area contributed by atoms with Gasteiger partial charge in [0.05, 0.1) is 5.71 Å². The number of nitrogens with one attached hydrogen (secondary N) is 1. The predicted octanol–water partition coefficient (Wildman–Crippen LogP) is 3.36. The number of carbonyl (C=O) groups excluding carboxylic acids is 1. The molecule has 1 aliphatic heterocycles. The van der Waals surface area contributed by atoms with Crippen LogP contribution >= 0.6 is 11.8 Å². The van der Waals surface area contributed by atoms with E-state index in [-0.39, 0.29) is 5.91 Å². The zero-order chi connectivity index (χ0) is 20.1. The fraction of sp³-hybridized carbons (Fsp3) is 0.524. The van der Waals surface area contributed by atoms with Crippen LogP contribution in [-0.2, 0) is 16.1 Å². The van der Waals surface area contributed by atoms with E-state index >= 15 is 0 Å². The van der Waals surface area contributed by atoms with Crippen molar-refractivity contribution in [2.75, 3.05) is 12.8 Å². The molecule has 8 heteroatoms. The van der Waals surface area contributed by atoms with Crippen LogP contribution in [0.4, 0.5) is 0 Å². The highest BCUT2D eigenvalue weighted by Gasteiger charge is 2.28. The van der Waals surface area contributed by atoms with Gasteiger partial charge in [0.25, 0.3) is 5.91 Å². The quantitative estimate of drug-likeness (QED) is 0.530. The Morgan fingerprint density at radius 3 is 2.79 bits per heavy atom. The zero-order valence-electron chi connectivity index (χ0n) is 16.7. The first-order valence-corrected chi connectivity index (χ1v) is 11.5. The molecule has 1 saturated carbocycles. The fourth-order valence-corrected chi connectivity index (χ4v) is 4.61. The average Bonchev–Trinajstić information content (AvgIpc) is 3.51. The van der Waals surface area contributed by atoms with Gasteiger partial charge in [0, 0.05) is 25.4 Å². The molecule has 154 valence electrons. The smallest absolute Gasteiger partial charge is 0.264 e. The van der Waals surface area contributed by atoms with Crippen molar-refractivity contribution < 1.29 is 9.63 Å². The van der Waals surface area contributed by atoms with E-state index in [1.807, 2.05) is 36.6 Å². The normalized spacial score (nSPS) is 19.2. The maximum absolute atomic E-state index is 12.4. The third-order valence-electron chi connectivity index (χ3n) is 5.55. The zero-order valence-corrected chi connectivity index (χ0v) is 17.5. The molecule has 1 fully saturated rings. The lowest BCUT2D eigenvalue weighted by Crippen LogP contribution is -2.35. The molecule has 7 nitrogen and oxygen atoms in total. The predicted molar refractivity (Wildman–Crippen MR) is 113 cm³/mol. The minimum Gasteiger partial charge on any atom is -0.382 e. The summed E-state index contributed by atoms with van der Waals surface area (Å²) < 4.78 is 2.32. The average molecular weight is 414 g/mol. The lowest BCUT2D eigenvalue weighted by Gasteiger charge is -2.16. The van der Waals surface area contributed by atoms with Crippen LogP contribution in [0.15, 0.2) is 40.6 Å². The molecule has 1 aromatic heterocycles. The van der Waals surface area contributed by atoms with Gasteiger partial charge >= 0.3 is 0 Å². The van der Waals surface area contributed by atoms with Crippen molar-refractivity contribution in [1.29, 1.82) is 0 Å². The van der Waals surface area contributed by atoms with E-state index in [0.29, 0.717) is 19.0 Å². The third kappa shape index (κ3) is 4.63. The number of oxime groups is 1. The van der Waals surface area contributed by atoms with Crippen LogP contribution in [0.1, 0.15) is 56.0 Å². The molecule has 1 aliphatic carbocycles. The summed E-state index contributed by atoms with van der Waals surface area (Å²) in [5.41, 5.74) is 1.82. The van der Waals surface area contributed by atoms with Gasteiger partial charge in [-0.05, 0) is 31.1 Å². The Morgan fingerprint density at radius 1 is 1.24 bits per heavy atom. The number of aryl methyl sites for hydroxylation is 1. The van der Waals surface area contributed by atoms with Crippen molar-refractivity contribution in [1.82, 2.24) is 20.1 Å². The van der Waals surface area contributed by atoms with Gasteiger partial charge in [-0.25, -0.2) is 0 Å². The number of thioether (sulfide) groups is 1. The van der Waals surface area contributed by atoms with E-state index < -0.39 is 6.10 Å². The number of aromatic nitrogens is 3. The summed E-state index contributed by atoms with van der Waals surface area (Å²) in [7, 11) is 0. The van der Waals surface area contributed by atoms with E-state index in [1.54, 1.807) is 11.8 Å². The minimum atomic E-state index is -0.546. The fourth-order valence-electron chi connectivity index (χ4n) is 4.04. The number of amides is 1. The summed E-state index contributed by atoms with van der Waals surface area (Å²) in [5.74, 6) is 0.920. The summed E-state index contributed by atoms with van der Waals surface area (Å²) in [4.78, 5) is 17.8. The van der Waals surface area contributed by atoms with Crippen LogP contribution in [0.5, 0.6) is 0 Å². The topological polar surface area (TPSA) is 81.4 Å². The molecule has 0 saturated heterocycles. The van der Waals surface area contributed by atoms with Crippen molar-refractivity contribution >= 4 is 23.4 Å². The van der Waals surface area contributed by atoms with Crippen molar-refractivity contribution in [3.63, 3.8) is 0 Å². The number of hydrogen-bond donors (Lipinski definition) is 1. The molecule has 1 N–H and O–H groups in total. The molecule has 0 spiro atoms. The van der Waals surface area contributed by atoms with Crippen LogP contribution < -0.4 is 5.32 Å². The molecule has 0 radical (unpaired) electrons. The molecule has 1 unspecified atom stereocenters. The molecule has 1 atom stereocenters. The highest BCUT2D eigenvalue weighted by molar-refractivity contribution is 7.98. The van der Waals surface area contributed by atoms with E-state index in [1.165, 1.54) is 25.7 Å². The maximum Gasteiger partial charge on any atom is 0.264 e. The Morgan fingerprint density at radius 2 is 2.03 bits per heavy atom. The van der Waals surface area contributed by atoms with Gasteiger partial charge in [0.15, 0.2) is 5.16 Å².